The zero-order chi connectivity index (χ0) is 12.9. The van der Waals surface area contributed by atoms with Crippen LogP contribution in [0.3, 0.4) is 0 Å². The first-order valence-electron chi connectivity index (χ1n) is 4.81. The molecule has 0 aliphatic rings. The normalized spacial score (nSPS) is 17.7. The minimum absolute atomic E-state index is 0.0418. The van der Waals surface area contributed by atoms with Crippen LogP contribution < -0.4 is 10.5 Å². The molecule has 0 saturated heterocycles. The van der Waals surface area contributed by atoms with Crippen molar-refractivity contribution >= 4 is 38.0 Å². The molecule has 0 aliphatic heterocycles. The molecule has 5 nitrogen and oxygen atoms in total. The van der Waals surface area contributed by atoms with Crippen LogP contribution in [-0.2, 0) is 20.8 Å². The Kier molecular flexibility index (Phi) is 6.61. The van der Waals surface area contributed by atoms with Gasteiger partial charge in [0.15, 0.2) is 0 Å². The van der Waals surface area contributed by atoms with E-state index in [-0.39, 0.29) is 16.8 Å². The standard InChI is InChI=1S/C8H18N2O3S3/c1-4-7(8(9)14)16(12,13)10-6(2)5-15(3)11/h6-7,10H,4-5H2,1-3H3,(H2,9,14). The van der Waals surface area contributed by atoms with Crippen molar-refractivity contribution in [1.29, 1.82) is 0 Å². The molecule has 0 aromatic heterocycles. The Balaban J connectivity index is 4.67. The molecule has 0 aliphatic carbocycles. The first kappa shape index (κ1) is 16.0. The van der Waals surface area contributed by atoms with Crippen molar-refractivity contribution in [3.05, 3.63) is 0 Å². The second-order valence-corrected chi connectivity index (χ2v) is 7.45. The molecule has 0 radical (unpaired) electrons. The molecule has 0 heterocycles. The summed E-state index contributed by atoms with van der Waals surface area (Å²) in [6.07, 6.45) is 1.85. The van der Waals surface area contributed by atoms with Gasteiger partial charge in [-0.3, -0.25) is 4.21 Å². The Morgan fingerprint density at radius 2 is 2.06 bits per heavy atom. The highest BCUT2D eigenvalue weighted by Gasteiger charge is 2.27. The van der Waals surface area contributed by atoms with Gasteiger partial charge in [0.2, 0.25) is 10.0 Å². The smallest absolute Gasteiger partial charge is 0.221 e. The SMILES string of the molecule is CCC(C(N)=S)S(=O)(=O)NC(C)CS(C)=O. The van der Waals surface area contributed by atoms with Gasteiger partial charge in [-0.05, 0) is 13.3 Å². The van der Waals surface area contributed by atoms with Crippen molar-refractivity contribution < 1.29 is 12.6 Å². The molecule has 3 unspecified atom stereocenters. The van der Waals surface area contributed by atoms with E-state index in [9.17, 15) is 12.6 Å². The maximum absolute atomic E-state index is 11.8. The molecular formula is C8H18N2O3S3. The zero-order valence-corrected chi connectivity index (χ0v) is 12.0. The van der Waals surface area contributed by atoms with E-state index in [1.54, 1.807) is 13.8 Å². The quantitative estimate of drug-likeness (QED) is 0.629. The highest BCUT2D eigenvalue weighted by molar-refractivity contribution is 7.93. The van der Waals surface area contributed by atoms with Crippen molar-refractivity contribution in [3.8, 4) is 0 Å². The largest absolute Gasteiger partial charge is 0.392 e. The van der Waals surface area contributed by atoms with Gasteiger partial charge in [0.25, 0.3) is 0 Å². The van der Waals surface area contributed by atoms with Crippen molar-refractivity contribution in [2.75, 3.05) is 12.0 Å². The van der Waals surface area contributed by atoms with E-state index < -0.39 is 26.1 Å². The van der Waals surface area contributed by atoms with Crippen LogP contribution >= 0.6 is 12.2 Å². The van der Waals surface area contributed by atoms with Crippen LogP contribution in [0.15, 0.2) is 0 Å². The van der Waals surface area contributed by atoms with Crippen LogP contribution in [-0.4, -0.2) is 40.9 Å². The third-order valence-electron chi connectivity index (χ3n) is 1.91. The first-order valence-corrected chi connectivity index (χ1v) is 8.49. The van der Waals surface area contributed by atoms with Gasteiger partial charge in [-0.1, -0.05) is 19.1 Å². The molecule has 96 valence electrons. The van der Waals surface area contributed by atoms with Gasteiger partial charge in [0.05, 0.1) is 4.99 Å². The molecule has 0 rings (SSSR count). The summed E-state index contributed by atoms with van der Waals surface area (Å²) < 4.78 is 37.0. The predicted molar refractivity (Wildman–Crippen MR) is 71.3 cm³/mol. The zero-order valence-electron chi connectivity index (χ0n) is 9.60. The van der Waals surface area contributed by atoms with E-state index in [1.165, 1.54) is 6.26 Å². The van der Waals surface area contributed by atoms with E-state index >= 15 is 0 Å². The van der Waals surface area contributed by atoms with E-state index in [1.807, 2.05) is 0 Å². The summed E-state index contributed by atoms with van der Waals surface area (Å²) in [7, 11) is -4.61. The third-order valence-corrected chi connectivity index (χ3v) is 5.38. The van der Waals surface area contributed by atoms with Gasteiger partial charge in [-0.2, -0.15) is 0 Å². The number of nitrogens with one attached hydrogen (secondary N) is 1. The highest BCUT2D eigenvalue weighted by atomic mass is 32.2. The molecule has 0 amide bonds. The number of sulfonamides is 1. The van der Waals surface area contributed by atoms with Gasteiger partial charge in [0, 0.05) is 28.9 Å². The van der Waals surface area contributed by atoms with Crippen LogP contribution in [0, 0.1) is 0 Å². The lowest BCUT2D eigenvalue weighted by Crippen LogP contribution is -2.46. The van der Waals surface area contributed by atoms with E-state index in [2.05, 4.69) is 4.72 Å². The monoisotopic (exact) mass is 286 g/mol. The summed E-state index contributed by atoms with van der Waals surface area (Å²) in [6.45, 7) is 3.36. The lowest BCUT2D eigenvalue weighted by atomic mass is 10.3. The molecule has 16 heavy (non-hydrogen) atoms. The summed E-state index contributed by atoms with van der Waals surface area (Å²) in [4.78, 5) is -0.0418. The van der Waals surface area contributed by atoms with Crippen molar-refractivity contribution in [3.63, 3.8) is 0 Å². The van der Waals surface area contributed by atoms with Crippen molar-refractivity contribution in [1.82, 2.24) is 4.72 Å². The number of hydrogen-bond acceptors (Lipinski definition) is 4. The van der Waals surface area contributed by atoms with Gasteiger partial charge < -0.3 is 5.73 Å². The summed E-state index contributed by atoms with van der Waals surface area (Å²) in [5.74, 6) is 0.271. The van der Waals surface area contributed by atoms with E-state index in [0.29, 0.717) is 6.42 Å². The summed E-state index contributed by atoms with van der Waals surface area (Å²) >= 11 is 4.70. The fraction of sp³-hybridized carbons (Fsp3) is 0.875. The predicted octanol–water partition coefficient (Wildman–Crippen LogP) is -0.262. The molecule has 0 saturated carbocycles. The topological polar surface area (TPSA) is 89.3 Å². The second kappa shape index (κ2) is 6.63. The minimum Gasteiger partial charge on any atom is -0.392 e. The van der Waals surface area contributed by atoms with Crippen LogP contribution in [0.1, 0.15) is 20.3 Å². The molecule has 0 bridgehead atoms. The molecule has 0 fully saturated rings. The average Bonchev–Trinajstić information content (AvgIpc) is 1.99. The lowest BCUT2D eigenvalue weighted by Gasteiger charge is -2.18. The molecule has 3 atom stereocenters. The maximum atomic E-state index is 11.8. The Morgan fingerprint density at radius 1 is 1.56 bits per heavy atom. The third kappa shape index (κ3) is 5.33. The minimum atomic E-state index is -3.57. The molecular weight excluding hydrogens is 268 g/mol. The van der Waals surface area contributed by atoms with Crippen molar-refractivity contribution in [2.45, 2.75) is 31.6 Å². The summed E-state index contributed by atoms with van der Waals surface area (Å²) in [6, 6.07) is -0.390. The Morgan fingerprint density at radius 3 is 2.38 bits per heavy atom. The molecule has 0 aromatic carbocycles. The van der Waals surface area contributed by atoms with Gasteiger partial charge in [-0.25, -0.2) is 13.1 Å². The van der Waals surface area contributed by atoms with Crippen LogP contribution in [0.4, 0.5) is 0 Å². The molecule has 0 aromatic rings. The number of thiocarbonyl (C=S) groups is 1. The van der Waals surface area contributed by atoms with Crippen molar-refractivity contribution in [2.24, 2.45) is 5.73 Å². The van der Waals surface area contributed by atoms with Crippen LogP contribution in [0.25, 0.3) is 0 Å². The Hall–Kier alpha value is -0.0500. The lowest BCUT2D eigenvalue weighted by molar-refractivity contribution is 0.563. The first-order chi connectivity index (χ1) is 7.20. The Bertz CT molecular complexity index is 367. The number of nitrogens with two attached hydrogens (primary N) is 1. The number of hydrogen-bond donors (Lipinski definition) is 2. The van der Waals surface area contributed by atoms with Gasteiger partial charge in [0.1, 0.15) is 5.25 Å². The molecule has 3 N–H and O–H groups in total. The highest BCUT2D eigenvalue weighted by Crippen LogP contribution is 2.06. The molecule has 0 spiro atoms. The van der Waals surface area contributed by atoms with E-state index in [0.717, 1.165) is 0 Å². The van der Waals surface area contributed by atoms with E-state index in [4.69, 9.17) is 18.0 Å². The second-order valence-electron chi connectivity index (χ2n) is 3.60. The maximum Gasteiger partial charge on any atom is 0.221 e. The molecule has 8 heteroatoms. The van der Waals surface area contributed by atoms with Gasteiger partial charge >= 0.3 is 0 Å². The van der Waals surface area contributed by atoms with Gasteiger partial charge in [-0.15, -0.1) is 0 Å². The summed E-state index contributed by atoms with van der Waals surface area (Å²) in [5.41, 5.74) is 5.36. The fourth-order valence-corrected chi connectivity index (χ4v) is 4.31. The van der Waals surface area contributed by atoms with Crippen LogP contribution in [0.2, 0.25) is 0 Å². The number of rotatable bonds is 7. The van der Waals surface area contributed by atoms with Crippen LogP contribution in [0.5, 0.6) is 0 Å². The average molecular weight is 286 g/mol. The Labute approximate surface area is 105 Å². The fourth-order valence-electron chi connectivity index (χ4n) is 1.32. The summed E-state index contributed by atoms with van der Waals surface area (Å²) in [5, 5.41) is -0.866.